The SMILES string of the molecule is Cc1cc(CC(=O)Nc2ccn(Cc3cc(C#N)c(F)cn3)n2)ccc1OCCC(F)(F)F. The summed E-state index contributed by atoms with van der Waals surface area (Å²) in [5.74, 6) is -0.412. The number of amides is 1. The van der Waals surface area contributed by atoms with Crippen molar-refractivity contribution in [2.24, 2.45) is 0 Å². The molecule has 1 N–H and O–H groups in total. The van der Waals surface area contributed by atoms with Crippen molar-refractivity contribution in [3.05, 3.63) is 70.9 Å². The molecule has 0 atom stereocenters. The second-order valence-electron chi connectivity index (χ2n) is 7.20. The van der Waals surface area contributed by atoms with Crippen molar-refractivity contribution >= 4 is 11.7 Å². The molecule has 0 fully saturated rings. The van der Waals surface area contributed by atoms with E-state index < -0.39 is 25.0 Å². The van der Waals surface area contributed by atoms with Crippen LogP contribution in [0.3, 0.4) is 0 Å². The van der Waals surface area contributed by atoms with E-state index in [-0.39, 0.29) is 24.4 Å². The van der Waals surface area contributed by atoms with Crippen molar-refractivity contribution in [3.8, 4) is 11.8 Å². The van der Waals surface area contributed by atoms with Crippen LogP contribution in [0.25, 0.3) is 0 Å². The van der Waals surface area contributed by atoms with Gasteiger partial charge < -0.3 is 10.1 Å². The number of benzene rings is 1. The van der Waals surface area contributed by atoms with Gasteiger partial charge in [0.2, 0.25) is 5.91 Å². The smallest absolute Gasteiger partial charge is 0.392 e. The minimum Gasteiger partial charge on any atom is -0.493 e. The molecule has 2 heterocycles. The van der Waals surface area contributed by atoms with Crippen LogP contribution in [0.5, 0.6) is 5.75 Å². The first kappa shape index (κ1) is 23.7. The van der Waals surface area contributed by atoms with Crippen LogP contribution in [0.1, 0.15) is 28.8 Å². The fourth-order valence-electron chi connectivity index (χ4n) is 2.97. The van der Waals surface area contributed by atoms with Gasteiger partial charge in [-0.05, 0) is 30.2 Å². The van der Waals surface area contributed by atoms with Crippen molar-refractivity contribution < 1.29 is 27.1 Å². The molecular formula is C22H19F4N5O2. The van der Waals surface area contributed by atoms with Crippen LogP contribution in [0.4, 0.5) is 23.4 Å². The number of halogens is 4. The van der Waals surface area contributed by atoms with Crippen LogP contribution >= 0.6 is 0 Å². The summed E-state index contributed by atoms with van der Waals surface area (Å²) in [5, 5.41) is 15.8. The first-order valence-corrected chi connectivity index (χ1v) is 9.80. The van der Waals surface area contributed by atoms with Crippen LogP contribution in [0, 0.1) is 24.1 Å². The molecule has 0 spiro atoms. The largest absolute Gasteiger partial charge is 0.493 e. The first-order valence-electron chi connectivity index (χ1n) is 9.80. The highest BCUT2D eigenvalue weighted by atomic mass is 19.4. The molecule has 0 saturated carbocycles. The molecule has 172 valence electrons. The minimum absolute atomic E-state index is 0.0293. The minimum atomic E-state index is -4.28. The highest BCUT2D eigenvalue weighted by Gasteiger charge is 2.26. The Balaban J connectivity index is 1.54. The summed E-state index contributed by atoms with van der Waals surface area (Å²) in [6.45, 7) is 1.39. The van der Waals surface area contributed by atoms with E-state index in [1.165, 1.54) is 16.8 Å². The van der Waals surface area contributed by atoms with Gasteiger partial charge in [0.05, 0.1) is 43.4 Å². The maximum absolute atomic E-state index is 13.4. The lowest BCUT2D eigenvalue weighted by molar-refractivity contribution is -0.139. The number of pyridine rings is 1. The number of aromatic nitrogens is 3. The van der Waals surface area contributed by atoms with Gasteiger partial charge in [-0.15, -0.1) is 0 Å². The molecule has 1 aromatic carbocycles. The lowest BCUT2D eigenvalue weighted by atomic mass is 10.1. The number of hydrogen-bond donors (Lipinski definition) is 1. The van der Waals surface area contributed by atoms with Gasteiger partial charge in [0.1, 0.15) is 11.8 Å². The van der Waals surface area contributed by atoms with Crippen LogP contribution in [0.2, 0.25) is 0 Å². The lowest BCUT2D eigenvalue weighted by Gasteiger charge is -2.12. The molecule has 33 heavy (non-hydrogen) atoms. The van der Waals surface area contributed by atoms with Gasteiger partial charge in [-0.1, -0.05) is 12.1 Å². The Morgan fingerprint density at radius 1 is 1.27 bits per heavy atom. The highest BCUT2D eigenvalue weighted by Crippen LogP contribution is 2.23. The monoisotopic (exact) mass is 461 g/mol. The number of hydrogen-bond acceptors (Lipinski definition) is 5. The van der Waals surface area contributed by atoms with Crippen molar-refractivity contribution in [2.75, 3.05) is 11.9 Å². The van der Waals surface area contributed by atoms with E-state index in [0.717, 1.165) is 6.20 Å². The number of carbonyl (C=O) groups is 1. The van der Waals surface area contributed by atoms with E-state index >= 15 is 0 Å². The summed E-state index contributed by atoms with van der Waals surface area (Å²) in [6, 6.07) is 9.47. The standard InChI is InChI=1S/C22H19F4N5O2/c1-14-8-15(2-3-19(14)33-7-5-22(24,25)26)9-21(32)29-20-4-6-31(30-20)13-17-10-16(11-27)18(23)12-28-17/h2-4,6,8,10,12H,5,7,9,13H2,1H3,(H,29,30,32). The van der Waals surface area contributed by atoms with E-state index in [2.05, 4.69) is 15.4 Å². The Bertz CT molecular complexity index is 1180. The fourth-order valence-corrected chi connectivity index (χ4v) is 2.97. The second kappa shape index (κ2) is 10.1. The molecule has 0 aliphatic rings. The zero-order valence-electron chi connectivity index (χ0n) is 17.5. The molecule has 7 nitrogen and oxygen atoms in total. The molecule has 0 saturated heterocycles. The molecule has 2 aromatic heterocycles. The Morgan fingerprint density at radius 3 is 2.76 bits per heavy atom. The second-order valence-corrected chi connectivity index (χ2v) is 7.20. The molecule has 1 amide bonds. The summed E-state index contributed by atoms with van der Waals surface area (Å²) < 4.78 is 56.7. The number of nitriles is 1. The van der Waals surface area contributed by atoms with Crippen LogP contribution in [-0.2, 0) is 17.8 Å². The zero-order chi connectivity index (χ0) is 24.0. The van der Waals surface area contributed by atoms with Gasteiger partial charge in [0.15, 0.2) is 11.6 Å². The van der Waals surface area contributed by atoms with Gasteiger partial charge >= 0.3 is 6.18 Å². The van der Waals surface area contributed by atoms with E-state index in [0.29, 0.717) is 28.4 Å². The normalized spacial score (nSPS) is 11.2. The summed E-state index contributed by atoms with van der Waals surface area (Å²) in [7, 11) is 0. The van der Waals surface area contributed by atoms with E-state index in [4.69, 9.17) is 10.00 Å². The molecular weight excluding hydrogens is 442 g/mol. The highest BCUT2D eigenvalue weighted by molar-refractivity contribution is 5.91. The third-order valence-electron chi connectivity index (χ3n) is 4.51. The average molecular weight is 461 g/mol. The molecule has 0 aliphatic heterocycles. The summed E-state index contributed by atoms with van der Waals surface area (Å²) in [4.78, 5) is 16.3. The number of anilines is 1. The number of alkyl halides is 3. The Kier molecular flexibility index (Phi) is 7.27. The molecule has 11 heteroatoms. The van der Waals surface area contributed by atoms with Crippen molar-refractivity contribution in [2.45, 2.75) is 32.5 Å². The summed E-state index contributed by atoms with van der Waals surface area (Å²) >= 11 is 0. The van der Waals surface area contributed by atoms with Crippen molar-refractivity contribution in [1.29, 1.82) is 5.26 Å². The molecule has 0 radical (unpaired) electrons. The number of ether oxygens (including phenoxy) is 1. The predicted molar refractivity (Wildman–Crippen MR) is 110 cm³/mol. The Labute approximate surface area is 186 Å². The van der Waals surface area contributed by atoms with Gasteiger partial charge in [0.25, 0.3) is 0 Å². The number of nitrogens with one attached hydrogen (secondary N) is 1. The number of nitrogens with zero attached hydrogens (tertiary/aromatic N) is 4. The quantitative estimate of drug-likeness (QED) is 0.509. The van der Waals surface area contributed by atoms with E-state index in [9.17, 15) is 22.4 Å². The average Bonchev–Trinajstić information content (AvgIpc) is 3.16. The van der Waals surface area contributed by atoms with Crippen molar-refractivity contribution in [1.82, 2.24) is 14.8 Å². The first-order chi connectivity index (χ1) is 15.6. The summed E-state index contributed by atoms with van der Waals surface area (Å²) in [6.07, 6.45) is -2.73. The van der Waals surface area contributed by atoms with Gasteiger partial charge in [-0.2, -0.15) is 23.5 Å². The maximum Gasteiger partial charge on any atom is 0.392 e. The third-order valence-corrected chi connectivity index (χ3v) is 4.51. The predicted octanol–water partition coefficient (Wildman–Crippen LogP) is 4.16. The van der Waals surface area contributed by atoms with Gasteiger partial charge in [0, 0.05) is 12.3 Å². The molecule has 0 aliphatic carbocycles. The molecule has 0 unspecified atom stereocenters. The van der Waals surface area contributed by atoms with Crippen LogP contribution in [-0.4, -0.2) is 33.5 Å². The van der Waals surface area contributed by atoms with Crippen LogP contribution in [0.15, 0.2) is 42.7 Å². The molecule has 0 bridgehead atoms. The number of aryl methyl sites for hydroxylation is 1. The maximum atomic E-state index is 13.4. The Morgan fingerprint density at radius 2 is 2.06 bits per heavy atom. The zero-order valence-corrected chi connectivity index (χ0v) is 17.5. The molecule has 3 aromatic rings. The number of rotatable bonds is 8. The molecule has 3 rings (SSSR count). The number of carbonyl (C=O) groups excluding carboxylic acids is 1. The van der Waals surface area contributed by atoms with E-state index in [1.54, 1.807) is 37.4 Å². The summed E-state index contributed by atoms with van der Waals surface area (Å²) in [5.41, 5.74) is 1.59. The third kappa shape index (κ3) is 7.03. The fraction of sp³-hybridized carbons (Fsp3) is 0.273. The Hall–Kier alpha value is -3.94. The van der Waals surface area contributed by atoms with Gasteiger partial charge in [-0.3, -0.25) is 14.5 Å². The van der Waals surface area contributed by atoms with Crippen LogP contribution < -0.4 is 10.1 Å². The van der Waals surface area contributed by atoms with Gasteiger partial charge in [-0.25, -0.2) is 4.39 Å². The van der Waals surface area contributed by atoms with Crippen molar-refractivity contribution in [3.63, 3.8) is 0 Å². The van der Waals surface area contributed by atoms with E-state index in [1.807, 2.05) is 0 Å². The lowest BCUT2D eigenvalue weighted by Crippen LogP contribution is -2.15. The topological polar surface area (TPSA) is 92.8 Å².